The molecule has 1 N–H and O–H groups in total. The van der Waals surface area contributed by atoms with Gasteiger partial charge in [-0.25, -0.2) is 0 Å². The third kappa shape index (κ3) is 4.72. The Morgan fingerprint density at radius 1 is 1.31 bits per heavy atom. The van der Waals surface area contributed by atoms with Crippen LogP contribution in [0.1, 0.15) is 25.7 Å². The van der Waals surface area contributed by atoms with Crippen LogP contribution in [-0.4, -0.2) is 24.1 Å². The van der Waals surface area contributed by atoms with Gasteiger partial charge in [-0.2, -0.15) is 13.2 Å². The number of rotatable bonds is 4. The molecule has 0 unspecified atom stereocenters. The molecule has 1 rings (SSSR count). The highest BCUT2D eigenvalue weighted by atomic mass is 35.5. The van der Waals surface area contributed by atoms with Crippen LogP contribution in [0, 0.1) is 0 Å². The molecule has 0 amide bonds. The number of alkyl halides is 4. The predicted octanol–water partition coefficient (Wildman–Crippen LogP) is 2.69. The largest absolute Gasteiger partial charge is 0.389 e. The van der Waals surface area contributed by atoms with E-state index in [2.05, 4.69) is 5.32 Å². The van der Waals surface area contributed by atoms with Crippen LogP contribution in [0.4, 0.5) is 13.2 Å². The average molecular weight is 216 g/mol. The number of hydrogen-bond donors (Lipinski definition) is 1. The maximum absolute atomic E-state index is 11.7. The molecule has 1 aliphatic rings. The summed E-state index contributed by atoms with van der Waals surface area (Å²) in [5, 5.41) is 3.26. The zero-order valence-electron chi connectivity index (χ0n) is 7.20. The molecule has 1 nitrogen and oxygen atoms in total. The summed E-state index contributed by atoms with van der Waals surface area (Å²) in [4.78, 5) is 0. The average Bonchev–Trinajstić information content (AvgIpc) is 1.91. The molecule has 1 aliphatic carbocycles. The summed E-state index contributed by atoms with van der Waals surface area (Å²) in [7, 11) is 0. The summed E-state index contributed by atoms with van der Waals surface area (Å²) in [6.45, 7) is 0.438. The lowest BCUT2D eigenvalue weighted by molar-refractivity contribution is -0.135. The van der Waals surface area contributed by atoms with Gasteiger partial charge in [-0.05, 0) is 25.8 Å². The highest BCUT2D eigenvalue weighted by Crippen LogP contribution is 2.25. The molecule has 78 valence electrons. The molecular formula is C8H13ClF3N. The van der Waals surface area contributed by atoms with Crippen LogP contribution in [0.3, 0.4) is 0 Å². The summed E-state index contributed by atoms with van der Waals surface area (Å²) >= 11 is 5.71. The molecule has 0 aromatic heterocycles. The fourth-order valence-corrected chi connectivity index (χ4v) is 1.74. The van der Waals surface area contributed by atoms with E-state index in [0.717, 1.165) is 12.8 Å². The lowest BCUT2D eigenvalue weighted by Gasteiger charge is -2.31. The maximum atomic E-state index is 11.7. The topological polar surface area (TPSA) is 12.0 Å². The first-order chi connectivity index (χ1) is 5.97. The van der Waals surface area contributed by atoms with Gasteiger partial charge >= 0.3 is 6.18 Å². The Morgan fingerprint density at radius 2 is 1.92 bits per heavy atom. The van der Waals surface area contributed by atoms with Crippen molar-refractivity contribution in [3.8, 4) is 0 Å². The van der Waals surface area contributed by atoms with E-state index in [0.29, 0.717) is 12.6 Å². The Kier molecular flexibility index (Phi) is 3.86. The molecule has 0 saturated heterocycles. The first-order valence-electron chi connectivity index (χ1n) is 4.41. The molecule has 0 radical (unpaired) electrons. The molecule has 0 aromatic rings. The molecule has 1 saturated carbocycles. The van der Waals surface area contributed by atoms with Crippen molar-refractivity contribution in [2.24, 2.45) is 0 Å². The number of nitrogens with one attached hydrogen (secondary N) is 1. The molecule has 0 spiro atoms. The van der Waals surface area contributed by atoms with E-state index in [1.807, 2.05) is 0 Å². The van der Waals surface area contributed by atoms with E-state index in [1.165, 1.54) is 0 Å². The highest BCUT2D eigenvalue weighted by molar-refractivity contribution is 6.21. The Balaban J connectivity index is 1.90. The molecular weight excluding hydrogens is 203 g/mol. The van der Waals surface area contributed by atoms with Crippen molar-refractivity contribution in [2.45, 2.75) is 43.3 Å². The van der Waals surface area contributed by atoms with Gasteiger partial charge in [-0.1, -0.05) is 0 Å². The smallest absolute Gasteiger partial charge is 0.314 e. The molecule has 0 bridgehead atoms. The van der Waals surface area contributed by atoms with Gasteiger partial charge in [0.05, 0.1) is 0 Å². The van der Waals surface area contributed by atoms with E-state index in [9.17, 15) is 13.2 Å². The summed E-state index contributed by atoms with van der Waals surface area (Å²) in [5.41, 5.74) is 0. The third-order valence-electron chi connectivity index (χ3n) is 2.15. The monoisotopic (exact) mass is 215 g/mol. The number of hydrogen-bond acceptors (Lipinski definition) is 1. The second-order valence-corrected chi connectivity index (χ2v) is 4.06. The summed E-state index contributed by atoms with van der Waals surface area (Å²) in [6.07, 6.45) is -2.79. The zero-order chi connectivity index (χ0) is 9.90. The first-order valence-corrected chi connectivity index (χ1v) is 4.85. The van der Waals surface area contributed by atoms with Crippen LogP contribution in [-0.2, 0) is 0 Å². The Hall–Kier alpha value is 0.0400. The molecule has 5 heteroatoms. The van der Waals surface area contributed by atoms with Crippen molar-refractivity contribution in [3.05, 3.63) is 0 Å². The molecule has 1 fully saturated rings. The Labute approximate surface area is 80.6 Å². The van der Waals surface area contributed by atoms with Crippen molar-refractivity contribution in [3.63, 3.8) is 0 Å². The lowest BCUT2D eigenvalue weighted by Crippen LogP contribution is -2.42. The quantitative estimate of drug-likeness (QED) is 0.562. The van der Waals surface area contributed by atoms with Gasteiger partial charge in [-0.15, -0.1) is 11.6 Å². The minimum atomic E-state index is -4.02. The van der Waals surface area contributed by atoms with Crippen molar-refractivity contribution in [1.29, 1.82) is 0 Å². The van der Waals surface area contributed by atoms with Crippen LogP contribution in [0.5, 0.6) is 0 Å². The lowest BCUT2D eigenvalue weighted by atomic mass is 9.92. The van der Waals surface area contributed by atoms with Gasteiger partial charge in [0.15, 0.2) is 0 Å². The van der Waals surface area contributed by atoms with Gasteiger partial charge in [0.1, 0.15) is 0 Å². The minimum absolute atomic E-state index is 0.160. The van der Waals surface area contributed by atoms with E-state index < -0.39 is 12.6 Å². The predicted molar refractivity (Wildman–Crippen MR) is 46.0 cm³/mol. The van der Waals surface area contributed by atoms with Gasteiger partial charge < -0.3 is 5.32 Å². The molecule has 0 aromatic carbocycles. The third-order valence-corrected chi connectivity index (χ3v) is 2.51. The van der Waals surface area contributed by atoms with Gasteiger partial charge in [0.25, 0.3) is 0 Å². The number of halogens is 4. The van der Waals surface area contributed by atoms with E-state index in [4.69, 9.17) is 11.6 Å². The standard InChI is InChI=1S/C8H13ClF3N/c9-6-4-7(5-6)13-3-1-2-8(10,11)12/h6-7,13H,1-5H2. The van der Waals surface area contributed by atoms with Crippen molar-refractivity contribution >= 4 is 11.6 Å². The molecule has 0 atom stereocenters. The molecule has 0 heterocycles. The van der Waals surface area contributed by atoms with Crippen LogP contribution in [0.15, 0.2) is 0 Å². The fourth-order valence-electron chi connectivity index (χ4n) is 1.31. The zero-order valence-corrected chi connectivity index (χ0v) is 7.96. The Morgan fingerprint density at radius 3 is 2.38 bits per heavy atom. The van der Waals surface area contributed by atoms with Crippen LogP contribution >= 0.6 is 11.6 Å². The van der Waals surface area contributed by atoms with E-state index in [-0.39, 0.29) is 11.8 Å². The first kappa shape index (κ1) is 11.1. The summed E-state index contributed by atoms with van der Waals surface area (Å²) in [6, 6.07) is 0.343. The van der Waals surface area contributed by atoms with E-state index in [1.54, 1.807) is 0 Å². The highest BCUT2D eigenvalue weighted by Gasteiger charge is 2.28. The van der Waals surface area contributed by atoms with Gasteiger partial charge in [-0.3, -0.25) is 0 Å². The fraction of sp³-hybridized carbons (Fsp3) is 1.00. The van der Waals surface area contributed by atoms with Gasteiger partial charge in [0.2, 0.25) is 0 Å². The van der Waals surface area contributed by atoms with Gasteiger partial charge in [0, 0.05) is 17.8 Å². The van der Waals surface area contributed by atoms with Crippen LogP contribution < -0.4 is 5.32 Å². The SMILES string of the molecule is FC(F)(F)CCCNC1CC(Cl)C1. The van der Waals surface area contributed by atoms with Crippen molar-refractivity contribution in [1.82, 2.24) is 5.32 Å². The Bertz CT molecular complexity index is 154. The maximum Gasteiger partial charge on any atom is 0.389 e. The van der Waals surface area contributed by atoms with Crippen LogP contribution in [0.2, 0.25) is 0 Å². The molecule has 13 heavy (non-hydrogen) atoms. The van der Waals surface area contributed by atoms with Crippen molar-refractivity contribution in [2.75, 3.05) is 6.54 Å². The summed E-state index contributed by atoms with van der Waals surface area (Å²) < 4.78 is 35.1. The van der Waals surface area contributed by atoms with Crippen LogP contribution in [0.25, 0.3) is 0 Å². The van der Waals surface area contributed by atoms with Crippen molar-refractivity contribution < 1.29 is 13.2 Å². The molecule has 0 aliphatic heterocycles. The second-order valence-electron chi connectivity index (χ2n) is 3.44. The normalized spacial score (nSPS) is 28.6. The van der Waals surface area contributed by atoms with E-state index >= 15 is 0 Å². The summed E-state index contributed by atoms with van der Waals surface area (Å²) in [5.74, 6) is 0. The minimum Gasteiger partial charge on any atom is -0.314 e. The second kappa shape index (κ2) is 4.51.